The molecule has 2 N–H and O–H groups in total. The Labute approximate surface area is 116 Å². The topological polar surface area (TPSA) is 33.3 Å². The van der Waals surface area contributed by atoms with Gasteiger partial charge in [-0.05, 0) is 38.5 Å². The number of hydrogen-bond acceptors (Lipinski definition) is 3. The van der Waals surface area contributed by atoms with Gasteiger partial charge in [-0.1, -0.05) is 12.1 Å². The molecule has 1 aromatic rings. The van der Waals surface area contributed by atoms with Crippen molar-refractivity contribution in [3.8, 4) is 5.75 Å². The quantitative estimate of drug-likeness (QED) is 0.866. The monoisotopic (exact) mass is 270 g/mol. The summed E-state index contributed by atoms with van der Waals surface area (Å²) in [6, 6.07) is 8.82. The fourth-order valence-corrected chi connectivity index (χ4v) is 2.01. The Morgan fingerprint density at radius 2 is 1.78 bits per heavy atom. The molecule has 4 heteroatoms. The van der Waals surface area contributed by atoms with Gasteiger partial charge in [-0.2, -0.15) is 0 Å². The van der Waals surface area contributed by atoms with Gasteiger partial charge in [0.1, 0.15) is 11.4 Å². The summed E-state index contributed by atoms with van der Waals surface area (Å²) in [6.45, 7) is 9.28. The summed E-state index contributed by atoms with van der Waals surface area (Å²) in [7, 11) is 0. The lowest BCUT2D eigenvalue weighted by Crippen LogP contribution is -2.42. The lowest BCUT2D eigenvalue weighted by molar-refractivity contribution is 0.131. The second-order valence-corrected chi connectivity index (χ2v) is 5.49. The van der Waals surface area contributed by atoms with Gasteiger partial charge in [0.2, 0.25) is 0 Å². The molecule has 18 heavy (non-hydrogen) atoms. The molecule has 1 saturated heterocycles. The molecule has 1 fully saturated rings. The number of halogens is 1. The molecule has 1 heterocycles. The molecular formula is C14H23ClN2O. The Morgan fingerprint density at radius 3 is 2.28 bits per heavy atom. The van der Waals surface area contributed by atoms with E-state index in [9.17, 15) is 0 Å². The highest BCUT2D eigenvalue weighted by molar-refractivity contribution is 5.85. The minimum atomic E-state index is -0.133. The molecule has 2 rings (SSSR count). The van der Waals surface area contributed by atoms with Crippen molar-refractivity contribution in [2.45, 2.75) is 32.4 Å². The maximum absolute atomic E-state index is 5.81. The van der Waals surface area contributed by atoms with Crippen LogP contribution in [-0.2, 0) is 0 Å². The van der Waals surface area contributed by atoms with E-state index < -0.39 is 0 Å². The first-order valence-electron chi connectivity index (χ1n) is 6.28. The Kier molecular flexibility index (Phi) is 5.45. The minimum absolute atomic E-state index is 0. The van der Waals surface area contributed by atoms with E-state index in [2.05, 4.69) is 55.7 Å². The zero-order chi connectivity index (χ0) is 12.3. The summed E-state index contributed by atoms with van der Waals surface area (Å²) in [5.74, 6) is 0.935. The molecule has 1 aromatic carbocycles. The minimum Gasteiger partial charge on any atom is -0.488 e. The smallest absolute Gasteiger partial charge is 0.120 e. The lowest BCUT2D eigenvalue weighted by Gasteiger charge is -2.25. The van der Waals surface area contributed by atoms with Crippen LogP contribution in [-0.4, -0.2) is 25.2 Å². The summed E-state index contributed by atoms with van der Waals surface area (Å²) in [5.41, 5.74) is 1.19. The van der Waals surface area contributed by atoms with Gasteiger partial charge in [-0.25, -0.2) is 0 Å². The van der Waals surface area contributed by atoms with Crippen LogP contribution >= 0.6 is 12.4 Å². The summed E-state index contributed by atoms with van der Waals surface area (Å²) in [4.78, 5) is 0. The third-order valence-electron chi connectivity index (χ3n) is 2.75. The van der Waals surface area contributed by atoms with Crippen molar-refractivity contribution in [3.63, 3.8) is 0 Å². The SMILES string of the molecule is CC(C)(C)Oc1ccc([C@@H]2CNCCN2)cc1.Cl. The van der Waals surface area contributed by atoms with E-state index in [1.54, 1.807) is 0 Å². The van der Waals surface area contributed by atoms with Crippen LogP contribution in [0.1, 0.15) is 32.4 Å². The van der Waals surface area contributed by atoms with Crippen LogP contribution in [0, 0.1) is 0 Å². The van der Waals surface area contributed by atoms with Crippen LogP contribution < -0.4 is 15.4 Å². The molecule has 3 nitrogen and oxygen atoms in total. The van der Waals surface area contributed by atoms with Crippen LogP contribution in [0.2, 0.25) is 0 Å². The average Bonchev–Trinajstić information content (AvgIpc) is 2.29. The van der Waals surface area contributed by atoms with Crippen LogP contribution in [0.4, 0.5) is 0 Å². The van der Waals surface area contributed by atoms with Crippen molar-refractivity contribution in [1.82, 2.24) is 10.6 Å². The Morgan fingerprint density at radius 1 is 1.11 bits per heavy atom. The van der Waals surface area contributed by atoms with Gasteiger partial charge >= 0.3 is 0 Å². The van der Waals surface area contributed by atoms with E-state index in [-0.39, 0.29) is 18.0 Å². The van der Waals surface area contributed by atoms with Crippen LogP contribution in [0.3, 0.4) is 0 Å². The first-order valence-corrected chi connectivity index (χ1v) is 6.28. The summed E-state index contributed by atoms with van der Waals surface area (Å²) < 4.78 is 5.81. The summed E-state index contributed by atoms with van der Waals surface area (Å²) >= 11 is 0. The number of ether oxygens (including phenoxy) is 1. The van der Waals surface area contributed by atoms with Crippen molar-refractivity contribution in [1.29, 1.82) is 0 Å². The van der Waals surface area contributed by atoms with E-state index in [4.69, 9.17) is 4.74 Å². The molecule has 0 radical (unpaired) electrons. The molecular weight excluding hydrogens is 248 g/mol. The number of rotatable bonds is 2. The van der Waals surface area contributed by atoms with Crippen molar-refractivity contribution in [2.75, 3.05) is 19.6 Å². The number of hydrogen-bond donors (Lipinski definition) is 2. The molecule has 0 amide bonds. The lowest BCUT2D eigenvalue weighted by atomic mass is 10.1. The van der Waals surface area contributed by atoms with Crippen molar-refractivity contribution >= 4 is 12.4 Å². The van der Waals surface area contributed by atoms with Crippen LogP contribution in [0.15, 0.2) is 24.3 Å². The highest BCUT2D eigenvalue weighted by Crippen LogP contribution is 2.21. The highest BCUT2D eigenvalue weighted by Gasteiger charge is 2.15. The molecule has 0 aliphatic carbocycles. The van der Waals surface area contributed by atoms with Crippen molar-refractivity contribution < 1.29 is 4.74 Å². The zero-order valence-corrected chi connectivity index (χ0v) is 12.1. The number of piperazine rings is 1. The molecule has 1 aliphatic heterocycles. The summed E-state index contributed by atoms with van der Waals surface area (Å²) in [6.07, 6.45) is 0. The largest absolute Gasteiger partial charge is 0.488 e. The fourth-order valence-electron chi connectivity index (χ4n) is 2.01. The standard InChI is InChI=1S/C14H22N2O.ClH/c1-14(2,3)17-12-6-4-11(5-7-12)13-10-15-8-9-16-13;/h4-7,13,15-16H,8-10H2,1-3H3;1H/t13-;/m0./s1. The van der Waals surface area contributed by atoms with E-state index >= 15 is 0 Å². The van der Waals surface area contributed by atoms with Crippen molar-refractivity contribution in [2.24, 2.45) is 0 Å². The maximum atomic E-state index is 5.81. The Bertz CT molecular complexity index is 353. The first-order chi connectivity index (χ1) is 8.04. The Hall–Kier alpha value is -0.770. The van der Waals surface area contributed by atoms with Gasteiger partial charge in [0, 0.05) is 25.7 Å². The van der Waals surface area contributed by atoms with Gasteiger partial charge in [0.25, 0.3) is 0 Å². The molecule has 0 unspecified atom stereocenters. The van der Waals surface area contributed by atoms with E-state index in [0.29, 0.717) is 6.04 Å². The second-order valence-electron chi connectivity index (χ2n) is 5.49. The van der Waals surface area contributed by atoms with Crippen molar-refractivity contribution in [3.05, 3.63) is 29.8 Å². The zero-order valence-electron chi connectivity index (χ0n) is 11.3. The predicted molar refractivity (Wildman–Crippen MR) is 77.7 cm³/mol. The molecule has 102 valence electrons. The van der Waals surface area contributed by atoms with Crippen LogP contribution in [0.25, 0.3) is 0 Å². The maximum Gasteiger partial charge on any atom is 0.120 e. The average molecular weight is 271 g/mol. The van der Waals surface area contributed by atoms with Gasteiger partial charge in [-0.3, -0.25) is 0 Å². The van der Waals surface area contributed by atoms with Gasteiger partial charge in [0.15, 0.2) is 0 Å². The van der Waals surface area contributed by atoms with E-state index in [1.165, 1.54) is 5.56 Å². The van der Waals surface area contributed by atoms with Gasteiger partial charge in [0.05, 0.1) is 0 Å². The molecule has 0 saturated carbocycles. The molecule has 1 aliphatic rings. The number of benzene rings is 1. The Balaban J connectivity index is 0.00000162. The number of nitrogens with one attached hydrogen (secondary N) is 2. The van der Waals surface area contributed by atoms with E-state index in [1.807, 2.05) is 0 Å². The molecule has 1 atom stereocenters. The summed E-state index contributed by atoms with van der Waals surface area (Å²) in [5, 5.41) is 6.89. The third kappa shape index (κ3) is 4.48. The second kappa shape index (κ2) is 6.41. The van der Waals surface area contributed by atoms with E-state index in [0.717, 1.165) is 25.4 Å². The fraction of sp³-hybridized carbons (Fsp3) is 0.571. The van der Waals surface area contributed by atoms with Gasteiger partial charge < -0.3 is 15.4 Å². The highest BCUT2D eigenvalue weighted by atomic mass is 35.5. The predicted octanol–water partition coefficient (Wildman–Crippen LogP) is 2.52. The molecule has 0 spiro atoms. The molecule has 0 bridgehead atoms. The first kappa shape index (κ1) is 15.3. The third-order valence-corrected chi connectivity index (χ3v) is 2.75. The van der Waals surface area contributed by atoms with Crippen LogP contribution in [0.5, 0.6) is 5.75 Å². The molecule has 0 aromatic heterocycles. The normalized spacial score (nSPS) is 20.1. The van der Waals surface area contributed by atoms with Gasteiger partial charge in [-0.15, -0.1) is 12.4 Å².